The van der Waals surface area contributed by atoms with Crippen LogP contribution in [0.4, 0.5) is 0 Å². The van der Waals surface area contributed by atoms with E-state index in [1.807, 2.05) is 24.3 Å². The van der Waals surface area contributed by atoms with Gasteiger partial charge < -0.3 is 19.8 Å². The maximum Gasteiger partial charge on any atom is 0.303 e. The number of pyridine rings is 1. The van der Waals surface area contributed by atoms with Gasteiger partial charge >= 0.3 is 5.97 Å². The second-order valence-electron chi connectivity index (χ2n) is 9.49. The lowest BCUT2D eigenvalue weighted by Gasteiger charge is -2.39. The number of aromatic nitrogens is 1. The number of rotatable bonds is 12. The minimum absolute atomic E-state index is 0.225. The van der Waals surface area contributed by atoms with Crippen LogP contribution in [0.25, 0.3) is 10.9 Å². The molecule has 1 aliphatic heterocycles. The molecule has 2 N–H and O–H groups in total. The van der Waals surface area contributed by atoms with Gasteiger partial charge in [0.1, 0.15) is 5.75 Å². The van der Waals surface area contributed by atoms with E-state index in [-0.39, 0.29) is 6.42 Å². The summed E-state index contributed by atoms with van der Waals surface area (Å²) in [6.45, 7) is 3.16. The highest BCUT2D eigenvalue weighted by molar-refractivity contribution is 8.00. The molecule has 1 saturated carbocycles. The number of benzene rings is 1. The number of hydrogen-bond donors (Lipinski definition) is 2. The van der Waals surface area contributed by atoms with Crippen LogP contribution >= 0.6 is 11.8 Å². The van der Waals surface area contributed by atoms with Crippen LogP contribution in [-0.4, -0.2) is 63.8 Å². The van der Waals surface area contributed by atoms with Crippen molar-refractivity contribution in [1.29, 1.82) is 0 Å². The lowest BCUT2D eigenvalue weighted by Crippen LogP contribution is -2.41. The van der Waals surface area contributed by atoms with Crippen LogP contribution in [0.2, 0.25) is 0 Å². The first-order chi connectivity index (χ1) is 16.0. The highest BCUT2D eigenvalue weighted by atomic mass is 32.2. The number of thioether (sulfide) groups is 1. The van der Waals surface area contributed by atoms with Gasteiger partial charge in [-0.05, 0) is 86.7 Å². The summed E-state index contributed by atoms with van der Waals surface area (Å²) < 4.78 is 5.36. The second kappa shape index (κ2) is 11.5. The lowest BCUT2D eigenvalue weighted by molar-refractivity contribution is -0.137. The number of hydrogen-bond acceptors (Lipinski definition) is 6. The number of carbonyl (C=O) groups is 1. The highest BCUT2D eigenvalue weighted by Gasteiger charge is 2.30. The van der Waals surface area contributed by atoms with Gasteiger partial charge in [0.05, 0.1) is 18.7 Å². The molecule has 2 aromatic rings. The first kappa shape index (κ1) is 24.3. The summed E-state index contributed by atoms with van der Waals surface area (Å²) in [5, 5.41) is 22.1. The lowest BCUT2D eigenvalue weighted by atomic mass is 9.79. The van der Waals surface area contributed by atoms with E-state index < -0.39 is 12.1 Å². The van der Waals surface area contributed by atoms with Crippen LogP contribution < -0.4 is 4.74 Å². The van der Waals surface area contributed by atoms with Crippen LogP contribution in [0.5, 0.6) is 5.75 Å². The van der Waals surface area contributed by atoms with Gasteiger partial charge in [0.15, 0.2) is 0 Å². The number of fused-ring (bicyclic) bond motifs is 1. The molecular formula is C26H36N2O4S. The van der Waals surface area contributed by atoms with Crippen molar-refractivity contribution in [1.82, 2.24) is 9.88 Å². The topological polar surface area (TPSA) is 82.9 Å². The Hall–Kier alpha value is -1.83. The zero-order valence-electron chi connectivity index (χ0n) is 19.5. The number of nitrogens with zero attached hydrogens (tertiary/aromatic N) is 2. The van der Waals surface area contributed by atoms with Crippen LogP contribution in [-0.2, 0) is 4.79 Å². The summed E-state index contributed by atoms with van der Waals surface area (Å²) in [4.78, 5) is 18.2. The Morgan fingerprint density at radius 2 is 2.09 bits per heavy atom. The average Bonchev–Trinajstić information content (AvgIpc) is 3.65. The maximum absolute atomic E-state index is 11.2. The predicted molar refractivity (Wildman–Crippen MR) is 133 cm³/mol. The van der Waals surface area contributed by atoms with E-state index in [1.165, 1.54) is 18.6 Å². The zero-order chi connectivity index (χ0) is 23.2. The monoisotopic (exact) mass is 472 g/mol. The van der Waals surface area contributed by atoms with Crippen LogP contribution in [0.3, 0.4) is 0 Å². The van der Waals surface area contributed by atoms with Gasteiger partial charge in [-0.25, -0.2) is 0 Å². The van der Waals surface area contributed by atoms with Gasteiger partial charge in [-0.2, -0.15) is 11.8 Å². The molecule has 180 valence electrons. The standard InChI is InChI=1S/C26H36N2O4S/c1-32-20-4-7-24-23(16-20)22(10-12-27-24)25(29)8-2-18-11-13-28(14-15-33-21-5-6-21)17-19(18)3-9-26(30)31/h4,7,10,12,16,18-19,21,25,29H,2-3,5-6,8-9,11,13-15,17H2,1H3,(H,30,31)/t18-,19-,25-/m1/s1. The SMILES string of the molecule is COc1ccc2nccc([C@H](O)CC[C@@H]3CCN(CCSC4CC4)C[C@H]3CCC(=O)O)c2c1. The third-order valence-corrected chi connectivity index (χ3v) is 8.50. The average molecular weight is 473 g/mol. The Morgan fingerprint density at radius 3 is 2.85 bits per heavy atom. The van der Waals surface area contributed by atoms with Crippen molar-refractivity contribution in [3.8, 4) is 5.75 Å². The number of aliphatic carboxylic acids is 1. The van der Waals surface area contributed by atoms with E-state index in [9.17, 15) is 15.0 Å². The summed E-state index contributed by atoms with van der Waals surface area (Å²) in [6, 6.07) is 7.64. The maximum atomic E-state index is 11.2. The first-order valence-electron chi connectivity index (χ1n) is 12.2. The summed E-state index contributed by atoms with van der Waals surface area (Å²) >= 11 is 2.09. The number of likely N-dealkylation sites (tertiary alicyclic amines) is 1. The molecule has 7 heteroatoms. The van der Waals surface area contributed by atoms with Crippen molar-refractivity contribution in [2.24, 2.45) is 11.8 Å². The van der Waals surface area contributed by atoms with Crippen molar-refractivity contribution in [3.05, 3.63) is 36.0 Å². The van der Waals surface area contributed by atoms with Crippen molar-refractivity contribution in [3.63, 3.8) is 0 Å². The molecule has 0 unspecified atom stereocenters. The van der Waals surface area contributed by atoms with E-state index in [2.05, 4.69) is 21.6 Å². The highest BCUT2D eigenvalue weighted by Crippen LogP contribution is 2.36. The Morgan fingerprint density at radius 1 is 1.24 bits per heavy atom. The zero-order valence-corrected chi connectivity index (χ0v) is 20.3. The molecule has 2 fully saturated rings. The van der Waals surface area contributed by atoms with Gasteiger partial charge in [-0.1, -0.05) is 0 Å². The number of aliphatic hydroxyl groups excluding tert-OH is 1. The third kappa shape index (κ3) is 6.84. The number of ether oxygens (including phenoxy) is 1. The summed E-state index contributed by atoms with van der Waals surface area (Å²) in [6.07, 6.45) is 7.52. The Bertz CT molecular complexity index is 936. The van der Waals surface area contributed by atoms with E-state index >= 15 is 0 Å². The molecule has 1 aromatic heterocycles. The smallest absolute Gasteiger partial charge is 0.303 e. The number of methoxy groups -OCH3 is 1. The molecule has 1 aromatic carbocycles. The Kier molecular flexibility index (Phi) is 8.50. The molecule has 0 spiro atoms. The third-order valence-electron chi connectivity index (χ3n) is 7.14. The van der Waals surface area contributed by atoms with Gasteiger partial charge in [-0.15, -0.1) is 0 Å². The fourth-order valence-electron chi connectivity index (χ4n) is 5.05. The number of carboxylic acids is 1. The van der Waals surface area contributed by atoms with E-state index in [0.29, 0.717) is 18.3 Å². The molecule has 4 rings (SSSR count). The molecule has 0 amide bonds. The molecule has 0 radical (unpaired) electrons. The molecule has 33 heavy (non-hydrogen) atoms. The summed E-state index contributed by atoms with van der Waals surface area (Å²) in [7, 11) is 1.64. The normalized spacial score (nSPS) is 22.4. The molecule has 1 aliphatic carbocycles. The molecule has 1 saturated heterocycles. The van der Waals surface area contributed by atoms with Crippen molar-refractivity contribution < 1.29 is 19.7 Å². The second-order valence-corrected chi connectivity index (χ2v) is 10.9. The van der Waals surface area contributed by atoms with Crippen LogP contribution in [0.1, 0.15) is 56.6 Å². The molecule has 2 aliphatic rings. The van der Waals surface area contributed by atoms with Crippen molar-refractivity contribution in [2.75, 3.05) is 32.5 Å². The van der Waals surface area contributed by atoms with Crippen molar-refractivity contribution >= 4 is 28.6 Å². The number of piperidine rings is 1. The van der Waals surface area contributed by atoms with Gasteiger partial charge in [0, 0.05) is 42.1 Å². The summed E-state index contributed by atoms with van der Waals surface area (Å²) in [5.41, 5.74) is 1.74. The summed E-state index contributed by atoms with van der Waals surface area (Å²) in [5.74, 6) is 2.05. The molecule has 3 atom stereocenters. The molecule has 0 bridgehead atoms. The fourth-order valence-corrected chi connectivity index (χ4v) is 6.22. The Balaban J connectivity index is 1.37. The van der Waals surface area contributed by atoms with E-state index in [1.54, 1.807) is 13.3 Å². The number of aliphatic hydroxyl groups is 1. The molecule has 6 nitrogen and oxygen atoms in total. The fraction of sp³-hybridized carbons (Fsp3) is 0.615. The minimum Gasteiger partial charge on any atom is -0.497 e. The Labute approximate surface area is 200 Å². The van der Waals surface area contributed by atoms with Crippen molar-refractivity contribution in [2.45, 2.75) is 56.3 Å². The van der Waals surface area contributed by atoms with Crippen LogP contribution in [0.15, 0.2) is 30.5 Å². The first-order valence-corrected chi connectivity index (χ1v) is 13.2. The molecular weight excluding hydrogens is 436 g/mol. The predicted octanol–water partition coefficient (Wildman–Crippen LogP) is 4.76. The quantitative estimate of drug-likeness (QED) is 0.461. The van der Waals surface area contributed by atoms with Crippen LogP contribution in [0, 0.1) is 11.8 Å². The van der Waals surface area contributed by atoms with Gasteiger partial charge in [-0.3, -0.25) is 9.78 Å². The van der Waals surface area contributed by atoms with E-state index in [4.69, 9.17) is 4.74 Å². The van der Waals surface area contributed by atoms with E-state index in [0.717, 1.165) is 66.4 Å². The minimum atomic E-state index is -0.715. The molecule has 2 heterocycles. The van der Waals surface area contributed by atoms with Gasteiger partial charge in [0.25, 0.3) is 0 Å². The number of carboxylic acid groups (broad SMARTS) is 1. The largest absolute Gasteiger partial charge is 0.497 e. The van der Waals surface area contributed by atoms with Gasteiger partial charge in [0.2, 0.25) is 0 Å².